The van der Waals surface area contributed by atoms with Gasteiger partial charge < -0.3 is 10.5 Å². The molecule has 5 nitrogen and oxygen atoms in total. The first-order chi connectivity index (χ1) is 9.74. The molecular formula is C15H16N4O. The monoisotopic (exact) mass is 268 g/mol. The third-order valence-corrected chi connectivity index (χ3v) is 3.04. The van der Waals surface area contributed by atoms with Crippen LogP contribution < -0.4 is 10.5 Å². The van der Waals surface area contributed by atoms with E-state index in [9.17, 15) is 0 Å². The molecule has 0 unspecified atom stereocenters. The van der Waals surface area contributed by atoms with Crippen LogP contribution in [0.25, 0.3) is 5.65 Å². The standard InChI is InChI=1S/C15H16N4O/c1-11-3-2-4-14(5-11)20-9-12-6-15-18-13(7-16)8-19(15)10-17-12/h2-6,8,10H,7,9,16H2,1H3. The van der Waals surface area contributed by atoms with Crippen LogP contribution in [-0.2, 0) is 13.2 Å². The molecule has 2 heterocycles. The summed E-state index contributed by atoms with van der Waals surface area (Å²) < 4.78 is 7.59. The van der Waals surface area contributed by atoms with Crippen LogP contribution in [0.2, 0.25) is 0 Å². The van der Waals surface area contributed by atoms with Gasteiger partial charge in [-0.15, -0.1) is 0 Å². The smallest absolute Gasteiger partial charge is 0.140 e. The summed E-state index contributed by atoms with van der Waals surface area (Å²) in [5.74, 6) is 0.845. The highest BCUT2D eigenvalue weighted by molar-refractivity contribution is 5.40. The topological polar surface area (TPSA) is 65.4 Å². The normalized spacial score (nSPS) is 10.9. The number of fused-ring (bicyclic) bond motifs is 1. The molecule has 5 heteroatoms. The van der Waals surface area contributed by atoms with Crippen molar-refractivity contribution in [3.8, 4) is 5.75 Å². The van der Waals surface area contributed by atoms with E-state index in [1.54, 1.807) is 6.33 Å². The van der Waals surface area contributed by atoms with Gasteiger partial charge in [0.2, 0.25) is 0 Å². The van der Waals surface area contributed by atoms with Crippen molar-refractivity contribution in [3.63, 3.8) is 0 Å². The maximum Gasteiger partial charge on any atom is 0.140 e. The number of ether oxygens (including phenoxy) is 1. The molecule has 0 bridgehead atoms. The SMILES string of the molecule is Cc1cccc(OCc2cc3nc(CN)cn3cn2)c1. The molecule has 0 radical (unpaired) electrons. The van der Waals surface area contributed by atoms with Crippen LogP contribution in [0.15, 0.2) is 42.9 Å². The zero-order valence-corrected chi connectivity index (χ0v) is 11.3. The van der Waals surface area contributed by atoms with Crippen LogP contribution in [0.3, 0.4) is 0 Å². The minimum Gasteiger partial charge on any atom is -0.487 e. The average molecular weight is 268 g/mol. The molecule has 0 saturated heterocycles. The second-order valence-corrected chi connectivity index (χ2v) is 4.69. The predicted molar refractivity (Wildman–Crippen MR) is 76.4 cm³/mol. The van der Waals surface area contributed by atoms with E-state index in [4.69, 9.17) is 10.5 Å². The minimum atomic E-state index is 0.421. The number of aromatic nitrogens is 3. The molecule has 0 spiro atoms. The number of hydrogen-bond acceptors (Lipinski definition) is 4. The first-order valence-corrected chi connectivity index (χ1v) is 6.46. The van der Waals surface area contributed by atoms with Gasteiger partial charge in [-0.2, -0.15) is 0 Å². The van der Waals surface area contributed by atoms with Gasteiger partial charge in [-0.05, 0) is 24.6 Å². The average Bonchev–Trinajstić information content (AvgIpc) is 2.87. The molecule has 0 aliphatic carbocycles. The lowest BCUT2D eigenvalue weighted by molar-refractivity contribution is 0.301. The van der Waals surface area contributed by atoms with Gasteiger partial charge in [-0.3, -0.25) is 4.40 Å². The number of nitrogens with two attached hydrogens (primary N) is 1. The fraction of sp³-hybridized carbons (Fsp3) is 0.200. The quantitative estimate of drug-likeness (QED) is 0.786. The zero-order chi connectivity index (χ0) is 13.9. The van der Waals surface area contributed by atoms with Crippen molar-refractivity contribution >= 4 is 5.65 Å². The maximum atomic E-state index is 5.73. The Morgan fingerprint density at radius 2 is 2.15 bits per heavy atom. The molecule has 0 aliphatic rings. The van der Waals surface area contributed by atoms with Gasteiger partial charge in [0, 0.05) is 18.8 Å². The zero-order valence-electron chi connectivity index (χ0n) is 11.3. The van der Waals surface area contributed by atoms with Crippen LogP contribution >= 0.6 is 0 Å². The highest BCUT2D eigenvalue weighted by Crippen LogP contribution is 2.14. The molecule has 0 fully saturated rings. The maximum absolute atomic E-state index is 5.73. The predicted octanol–water partition coefficient (Wildman–Crippen LogP) is 2.08. The van der Waals surface area contributed by atoms with E-state index in [2.05, 4.69) is 9.97 Å². The second-order valence-electron chi connectivity index (χ2n) is 4.69. The molecule has 102 valence electrons. The van der Waals surface area contributed by atoms with E-state index in [0.717, 1.165) is 22.8 Å². The second kappa shape index (κ2) is 5.30. The van der Waals surface area contributed by atoms with Crippen LogP contribution in [0.5, 0.6) is 5.75 Å². The Hall–Kier alpha value is -2.40. The van der Waals surface area contributed by atoms with Gasteiger partial charge in [-0.1, -0.05) is 12.1 Å². The molecule has 2 aromatic heterocycles. The van der Waals surface area contributed by atoms with Crippen LogP contribution in [0.4, 0.5) is 0 Å². The third kappa shape index (κ3) is 2.62. The lowest BCUT2D eigenvalue weighted by Crippen LogP contribution is -2.00. The van der Waals surface area contributed by atoms with Crippen LogP contribution in [-0.4, -0.2) is 14.4 Å². The lowest BCUT2D eigenvalue weighted by atomic mass is 10.2. The molecular weight excluding hydrogens is 252 g/mol. The Balaban J connectivity index is 1.77. The first kappa shape index (κ1) is 12.6. The Morgan fingerprint density at radius 3 is 2.95 bits per heavy atom. The number of rotatable bonds is 4. The van der Waals surface area contributed by atoms with Gasteiger partial charge in [0.25, 0.3) is 0 Å². The Labute approximate surface area is 117 Å². The summed E-state index contributed by atoms with van der Waals surface area (Å²) >= 11 is 0. The number of nitrogens with zero attached hydrogens (tertiary/aromatic N) is 3. The fourth-order valence-electron chi connectivity index (χ4n) is 2.02. The van der Waals surface area contributed by atoms with E-state index < -0.39 is 0 Å². The summed E-state index contributed by atoms with van der Waals surface area (Å²) in [5, 5.41) is 0. The molecule has 3 aromatic rings. The van der Waals surface area contributed by atoms with E-state index in [0.29, 0.717) is 13.2 Å². The highest BCUT2D eigenvalue weighted by atomic mass is 16.5. The van der Waals surface area contributed by atoms with Crippen LogP contribution in [0.1, 0.15) is 17.0 Å². The minimum absolute atomic E-state index is 0.421. The highest BCUT2D eigenvalue weighted by Gasteiger charge is 2.03. The molecule has 1 aromatic carbocycles. The Kier molecular flexibility index (Phi) is 3.35. The summed E-state index contributed by atoms with van der Waals surface area (Å²) in [7, 11) is 0. The van der Waals surface area contributed by atoms with Crippen molar-refractivity contribution in [2.45, 2.75) is 20.1 Å². The number of aryl methyl sites for hydroxylation is 1. The van der Waals surface area contributed by atoms with Gasteiger partial charge >= 0.3 is 0 Å². The third-order valence-electron chi connectivity index (χ3n) is 3.04. The first-order valence-electron chi connectivity index (χ1n) is 6.46. The number of hydrogen-bond donors (Lipinski definition) is 1. The summed E-state index contributed by atoms with van der Waals surface area (Å²) in [6.45, 7) is 2.89. The number of benzene rings is 1. The van der Waals surface area contributed by atoms with Crippen molar-refractivity contribution in [1.29, 1.82) is 0 Å². The van der Waals surface area contributed by atoms with Crippen molar-refractivity contribution in [2.75, 3.05) is 0 Å². The summed E-state index contributed by atoms with van der Waals surface area (Å²) in [6, 6.07) is 9.86. The van der Waals surface area contributed by atoms with E-state index in [1.165, 1.54) is 5.56 Å². The van der Waals surface area contributed by atoms with Crippen molar-refractivity contribution in [2.24, 2.45) is 5.73 Å². The van der Waals surface area contributed by atoms with Gasteiger partial charge in [0.05, 0.1) is 11.4 Å². The summed E-state index contributed by atoms with van der Waals surface area (Å²) in [6.07, 6.45) is 3.62. The van der Waals surface area contributed by atoms with Gasteiger partial charge in [-0.25, -0.2) is 9.97 Å². The van der Waals surface area contributed by atoms with Crippen LogP contribution in [0, 0.1) is 6.92 Å². The Morgan fingerprint density at radius 1 is 1.25 bits per heavy atom. The van der Waals surface area contributed by atoms with E-state index in [1.807, 2.05) is 47.9 Å². The number of imidazole rings is 1. The van der Waals surface area contributed by atoms with E-state index >= 15 is 0 Å². The molecule has 0 amide bonds. The molecule has 20 heavy (non-hydrogen) atoms. The molecule has 3 rings (SSSR count). The van der Waals surface area contributed by atoms with Crippen molar-refractivity contribution in [3.05, 3.63) is 59.8 Å². The fourth-order valence-corrected chi connectivity index (χ4v) is 2.02. The molecule has 2 N–H and O–H groups in total. The van der Waals surface area contributed by atoms with Gasteiger partial charge in [0.1, 0.15) is 24.3 Å². The van der Waals surface area contributed by atoms with Crippen molar-refractivity contribution < 1.29 is 4.74 Å². The van der Waals surface area contributed by atoms with Gasteiger partial charge in [0.15, 0.2) is 0 Å². The summed E-state index contributed by atoms with van der Waals surface area (Å²) in [4.78, 5) is 8.75. The molecule has 0 saturated carbocycles. The summed E-state index contributed by atoms with van der Waals surface area (Å²) in [5.41, 5.74) is 9.28. The largest absolute Gasteiger partial charge is 0.487 e. The van der Waals surface area contributed by atoms with Crippen molar-refractivity contribution in [1.82, 2.24) is 14.4 Å². The van der Waals surface area contributed by atoms with E-state index in [-0.39, 0.29) is 0 Å². The Bertz CT molecular complexity index is 736. The molecule has 0 aliphatic heterocycles. The lowest BCUT2D eigenvalue weighted by Gasteiger charge is -2.06. The molecule has 0 atom stereocenters.